The van der Waals surface area contributed by atoms with Crippen LogP contribution in [0, 0.1) is 5.92 Å². The molecular weight excluding hydrogens is 464 g/mol. The summed E-state index contributed by atoms with van der Waals surface area (Å²) in [6, 6.07) is 7.21. The van der Waals surface area contributed by atoms with Crippen LogP contribution in [0.1, 0.15) is 47.4 Å². The van der Waals surface area contributed by atoms with Crippen LogP contribution in [0.3, 0.4) is 0 Å². The first-order valence-electron chi connectivity index (χ1n) is 11.9. The van der Waals surface area contributed by atoms with Gasteiger partial charge in [0.25, 0.3) is 11.8 Å². The summed E-state index contributed by atoms with van der Waals surface area (Å²) in [5.74, 6) is -0.720. The van der Waals surface area contributed by atoms with Crippen LogP contribution in [0.15, 0.2) is 41.1 Å². The second-order valence-corrected chi connectivity index (χ2v) is 10.6. The minimum absolute atomic E-state index is 0.00717. The molecule has 2 fully saturated rings. The summed E-state index contributed by atoms with van der Waals surface area (Å²) in [7, 11) is 3.85. The topological polar surface area (TPSA) is 90.0 Å². The summed E-state index contributed by atoms with van der Waals surface area (Å²) in [4.78, 5) is 57.6. The fourth-order valence-electron chi connectivity index (χ4n) is 4.94. The van der Waals surface area contributed by atoms with Gasteiger partial charge in [-0.25, -0.2) is 0 Å². The van der Waals surface area contributed by atoms with Crippen LogP contribution in [-0.4, -0.2) is 78.6 Å². The van der Waals surface area contributed by atoms with Crippen LogP contribution in [0.25, 0.3) is 0 Å². The van der Waals surface area contributed by atoms with Gasteiger partial charge >= 0.3 is 0 Å². The summed E-state index contributed by atoms with van der Waals surface area (Å²) in [5.41, 5.74) is 2.01. The number of carbonyl (C=O) groups excluding carboxylic acids is 4. The van der Waals surface area contributed by atoms with E-state index in [0.717, 1.165) is 5.69 Å². The minimum atomic E-state index is -0.746. The molecule has 1 aromatic carbocycles. The van der Waals surface area contributed by atoms with E-state index in [9.17, 15) is 19.2 Å². The molecule has 3 unspecified atom stereocenters. The van der Waals surface area contributed by atoms with Crippen LogP contribution in [0.4, 0.5) is 5.69 Å². The predicted molar refractivity (Wildman–Crippen MR) is 136 cm³/mol. The summed E-state index contributed by atoms with van der Waals surface area (Å²) >= 11 is 1.43. The largest absolute Gasteiger partial charge is 0.378 e. The van der Waals surface area contributed by atoms with Crippen molar-refractivity contribution in [1.82, 2.24) is 15.1 Å². The molecule has 0 aliphatic carbocycles. The molecule has 2 saturated heterocycles. The number of carbonyl (C=O) groups is 4. The Labute approximate surface area is 209 Å². The first kappa shape index (κ1) is 24.9. The van der Waals surface area contributed by atoms with Crippen molar-refractivity contribution >= 4 is 40.5 Å². The van der Waals surface area contributed by atoms with Crippen LogP contribution < -0.4 is 10.2 Å². The molecule has 0 saturated carbocycles. The summed E-state index contributed by atoms with van der Waals surface area (Å²) in [6.07, 6.45) is 1.01. The highest BCUT2D eigenvalue weighted by Crippen LogP contribution is 2.32. The van der Waals surface area contributed by atoms with Crippen molar-refractivity contribution in [1.29, 1.82) is 0 Å². The van der Waals surface area contributed by atoms with Crippen LogP contribution in [0.5, 0.6) is 0 Å². The molecule has 3 heterocycles. The van der Waals surface area contributed by atoms with Gasteiger partial charge in [0.05, 0.1) is 18.2 Å². The molecule has 35 heavy (non-hydrogen) atoms. The second-order valence-electron chi connectivity index (χ2n) is 9.84. The number of hydrogen-bond donors (Lipinski definition) is 1. The van der Waals surface area contributed by atoms with Crippen molar-refractivity contribution in [2.45, 2.75) is 44.8 Å². The Bertz CT molecular complexity index is 1100. The summed E-state index contributed by atoms with van der Waals surface area (Å²) in [5, 5.41) is 6.52. The number of benzene rings is 1. The summed E-state index contributed by atoms with van der Waals surface area (Å²) < 4.78 is 0. The second kappa shape index (κ2) is 10.2. The molecule has 2 aliphatic rings. The standard InChI is InChI=1S/C26H32N4O4S/c1-16(2)13-20(27-24(32)17-5-7-19(8-6-17)28(3)4)26(34)29-11-9-21-23(29)22(31)14-30(21)25(33)18-10-12-35-15-18/h5-8,10,12,15-16,20-21,23H,9,11,13-14H2,1-4H3,(H,27,32). The third kappa shape index (κ3) is 5.10. The number of hydrogen-bond acceptors (Lipinski definition) is 6. The first-order chi connectivity index (χ1) is 16.7. The molecule has 1 aromatic heterocycles. The molecule has 0 spiro atoms. The lowest BCUT2D eigenvalue weighted by Crippen LogP contribution is -2.53. The van der Waals surface area contributed by atoms with Gasteiger partial charge in [-0.2, -0.15) is 11.3 Å². The molecular formula is C26H32N4O4S. The van der Waals surface area contributed by atoms with Crippen molar-refractivity contribution < 1.29 is 19.2 Å². The average Bonchev–Trinajstić information content (AvgIpc) is 3.56. The number of amides is 3. The van der Waals surface area contributed by atoms with Crippen molar-refractivity contribution in [3.63, 3.8) is 0 Å². The molecule has 0 bridgehead atoms. The van der Waals surface area contributed by atoms with Crippen LogP contribution in [-0.2, 0) is 9.59 Å². The Morgan fingerprint density at radius 2 is 1.80 bits per heavy atom. The Balaban J connectivity index is 1.49. The number of Topliss-reactive ketones (excluding diaryl/α,β-unsaturated/α-hetero) is 1. The molecule has 9 heteroatoms. The minimum Gasteiger partial charge on any atom is -0.378 e. The Morgan fingerprint density at radius 1 is 1.09 bits per heavy atom. The fraction of sp³-hybridized carbons (Fsp3) is 0.462. The molecule has 8 nitrogen and oxygen atoms in total. The van der Waals surface area contributed by atoms with E-state index in [0.29, 0.717) is 30.5 Å². The highest BCUT2D eigenvalue weighted by atomic mass is 32.1. The average molecular weight is 497 g/mol. The zero-order chi connectivity index (χ0) is 25.3. The van der Waals surface area contributed by atoms with Crippen molar-refractivity contribution in [2.75, 3.05) is 32.1 Å². The predicted octanol–water partition coefficient (Wildman–Crippen LogP) is 2.65. The van der Waals surface area contributed by atoms with Crippen LogP contribution >= 0.6 is 11.3 Å². The van der Waals surface area contributed by atoms with Gasteiger partial charge in [-0.15, -0.1) is 0 Å². The van der Waals surface area contributed by atoms with Gasteiger partial charge < -0.3 is 20.0 Å². The Morgan fingerprint density at radius 3 is 2.40 bits per heavy atom. The van der Waals surface area contributed by atoms with Gasteiger partial charge in [0.1, 0.15) is 12.1 Å². The molecule has 3 amide bonds. The quantitative estimate of drug-likeness (QED) is 0.637. The van der Waals surface area contributed by atoms with Gasteiger partial charge in [-0.05, 0) is 54.5 Å². The van der Waals surface area contributed by atoms with Crippen LogP contribution in [0.2, 0.25) is 0 Å². The third-order valence-corrected chi connectivity index (χ3v) is 7.37. The molecule has 4 rings (SSSR count). The number of likely N-dealkylation sites (tertiary alicyclic amines) is 2. The molecule has 2 aliphatic heterocycles. The van der Waals surface area contributed by atoms with E-state index in [1.54, 1.807) is 33.4 Å². The van der Waals surface area contributed by atoms with E-state index >= 15 is 0 Å². The monoisotopic (exact) mass is 496 g/mol. The zero-order valence-corrected chi connectivity index (χ0v) is 21.4. The maximum Gasteiger partial charge on any atom is 0.255 e. The smallest absolute Gasteiger partial charge is 0.255 e. The van der Waals surface area contributed by atoms with E-state index in [2.05, 4.69) is 5.32 Å². The number of ketones is 1. The van der Waals surface area contributed by atoms with E-state index in [1.807, 2.05) is 50.4 Å². The third-order valence-electron chi connectivity index (χ3n) is 6.69. The first-order valence-corrected chi connectivity index (χ1v) is 12.9. The van der Waals surface area contributed by atoms with E-state index in [1.165, 1.54) is 11.3 Å². The van der Waals surface area contributed by atoms with Gasteiger partial charge in [0.2, 0.25) is 5.91 Å². The lowest BCUT2D eigenvalue weighted by Gasteiger charge is -2.29. The number of fused-ring (bicyclic) bond motifs is 1. The molecule has 186 valence electrons. The molecule has 0 radical (unpaired) electrons. The maximum atomic E-state index is 13.6. The lowest BCUT2D eigenvalue weighted by atomic mass is 10.0. The number of rotatable bonds is 7. The van der Waals surface area contributed by atoms with Gasteiger partial charge in [0, 0.05) is 37.3 Å². The summed E-state index contributed by atoms with van der Waals surface area (Å²) in [6.45, 7) is 4.38. The van der Waals surface area contributed by atoms with Gasteiger partial charge in [-0.3, -0.25) is 19.2 Å². The van der Waals surface area contributed by atoms with E-state index < -0.39 is 12.1 Å². The zero-order valence-electron chi connectivity index (χ0n) is 20.6. The maximum absolute atomic E-state index is 13.6. The Kier molecular flexibility index (Phi) is 7.25. The normalized spacial score (nSPS) is 20.2. The van der Waals surface area contributed by atoms with E-state index in [-0.39, 0.29) is 42.0 Å². The molecule has 1 N–H and O–H groups in total. The van der Waals surface area contributed by atoms with E-state index in [4.69, 9.17) is 0 Å². The number of thiophene rings is 1. The highest BCUT2D eigenvalue weighted by Gasteiger charge is 2.52. The SMILES string of the molecule is CC(C)CC(NC(=O)c1ccc(N(C)C)cc1)C(=O)N1CCC2C1C(=O)CN2C(=O)c1ccsc1. The van der Waals surface area contributed by atoms with Gasteiger partial charge in [0.15, 0.2) is 5.78 Å². The molecule has 2 aromatic rings. The van der Waals surface area contributed by atoms with Crippen molar-refractivity contribution in [3.8, 4) is 0 Å². The van der Waals surface area contributed by atoms with Crippen molar-refractivity contribution in [2.24, 2.45) is 5.92 Å². The van der Waals surface area contributed by atoms with Crippen molar-refractivity contribution in [3.05, 3.63) is 52.2 Å². The number of nitrogens with zero attached hydrogens (tertiary/aromatic N) is 3. The molecule has 3 atom stereocenters. The number of anilines is 1. The number of nitrogens with one attached hydrogen (secondary N) is 1. The Hall–Kier alpha value is -3.20. The highest BCUT2D eigenvalue weighted by molar-refractivity contribution is 7.08. The lowest BCUT2D eigenvalue weighted by molar-refractivity contribution is -0.138. The fourth-order valence-corrected chi connectivity index (χ4v) is 5.57. The van der Waals surface area contributed by atoms with Gasteiger partial charge in [-0.1, -0.05) is 13.8 Å².